The Morgan fingerprint density at radius 2 is 0.756 bits per heavy atom. The monoisotopic (exact) mass is 1380 g/mol. The molecule has 86 heavy (non-hydrogen) atoms. The molecule has 2 aliphatic carbocycles. The summed E-state index contributed by atoms with van der Waals surface area (Å²) in [6.45, 7) is 10.7. The Hall–Kier alpha value is -8.43. The third-order valence-corrected chi connectivity index (χ3v) is 16.1. The number of hydrogen-bond donors (Lipinski definition) is 0. The number of fused-ring (bicyclic) bond motifs is 12. The van der Waals surface area contributed by atoms with Crippen LogP contribution in [0.15, 0.2) is 169 Å². The fraction of sp³-hybridized carbons (Fsp3) is 0.236. The Balaban J connectivity index is 0.000000159. The molecule has 438 valence electrons. The molecule has 2 atom stereocenters. The molecule has 0 amide bonds. The van der Waals surface area contributed by atoms with Crippen LogP contribution in [0.2, 0.25) is 0 Å². The average molecular weight is 1390 g/mol. The van der Waals surface area contributed by atoms with E-state index in [4.69, 9.17) is 36.8 Å². The van der Waals surface area contributed by atoms with Gasteiger partial charge in [0.15, 0.2) is 0 Å². The molecule has 2 unspecified atom stereocenters. The summed E-state index contributed by atoms with van der Waals surface area (Å²) < 4.78 is 23.7. The Morgan fingerprint density at radius 1 is 0.442 bits per heavy atom. The molecule has 0 aliphatic heterocycles. The van der Waals surface area contributed by atoms with Gasteiger partial charge in [0, 0.05) is 82.9 Å². The largest absolute Gasteiger partial charge is 0.464 e. The van der Waals surface area contributed by atoms with E-state index in [9.17, 15) is 19.2 Å². The van der Waals surface area contributed by atoms with Crippen LogP contribution >= 0.6 is 15.9 Å². The van der Waals surface area contributed by atoms with Crippen LogP contribution in [-0.2, 0) is 72.3 Å². The summed E-state index contributed by atoms with van der Waals surface area (Å²) in [5, 5.41) is 14.3. The van der Waals surface area contributed by atoms with Crippen LogP contribution in [-0.4, -0.2) is 35.4 Å². The van der Waals surface area contributed by atoms with Crippen molar-refractivity contribution in [2.45, 2.75) is 111 Å². The van der Waals surface area contributed by atoms with E-state index in [0.29, 0.717) is 25.7 Å². The zero-order valence-electron chi connectivity index (χ0n) is 48.8. The van der Waals surface area contributed by atoms with Gasteiger partial charge in [0.25, 0.3) is 0 Å². The van der Waals surface area contributed by atoms with E-state index in [1.165, 1.54) is 60.1 Å². The number of halogens is 1. The van der Waals surface area contributed by atoms with Crippen molar-refractivity contribution in [1.82, 2.24) is 0 Å². The fourth-order valence-electron chi connectivity index (χ4n) is 11.8. The van der Waals surface area contributed by atoms with Gasteiger partial charge < -0.3 is 25.1 Å². The van der Waals surface area contributed by atoms with Crippen molar-refractivity contribution in [3.8, 4) is 0 Å². The number of carbonyl (C=O) groups excluding carboxylic acids is 8. The van der Waals surface area contributed by atoms with E-state index in [2.05, 4.69) is 148 Å². The molecule has 0 radical (unpaired) electrons. The second-order valence-electron chi connectivity index (χ2n) is 21.4. The summed E-state index contributed by atoms with van der Waals surface area (Å²) in [7, 11) is 0. The molecule has 12 nitrogen and oxygen atoms in total. The van der Waals surface area contributed by atoms with Crippen molar-refractivity contribution in [1.29, 1.82) is 0 Å². The molecular weight excluding hydrogens is 1320 g/mol. The molecule has 2 fully saturated rings. The van der Waals surface area contributed by atoms with Crippen molar-refractivity contribution in [3.63, 3.8) is 0 Å². The predicted octanol–water partition coefficient (Wildman–Crippen LogP) is 18.0. The zero-order valence-corrected chi connectivity index (χ0v) is 53.3. The number of hydrogen-bond acceptors (Lipinski definition) is 12. The van der Waals surface area contributed by atoms with Gasteiger partial charge in [0.2, 0.25) is 0 Å². The summed E-state index contributed by atoms with van der Waals surface area (Å²) >= 11 is 3.51. The van der Waals surface area contributed by atoms with Gasteiger partial charge in [-0.2, -0.15) is 19.2 Å². The molecule has 0 spiro atoms. The average Bonchev–Trinajstić information content (AvgIpc) is 1.88. The van der Waals surface area contributed by atoms with Crippen LogP contribution in [0.5, 0.6) is 0 Å². The van der Waals surface area contributed by atoms with E-state index in [1.807, 2.05) is 36.8 Å². The minimum absolute atomic E-state index is 0. The van der Waals surface area contributed by atoms with Gasteiger partial charge in [-0.05, 0) is 137 Å². The van der Waals surface area contributed by atoms with Gasteiger partial charge >= 0.3 is 12.3 Å². The van der Waals surface area contributed by atoms with Crippen LogP contribution in [0.4, 0.5) is 0 Å². The Labute approximate surface area is 520 Å². The number of ketones is 4. The first-order valence-corrected chi connectivity index (χ1v) is 28.8. The smallest absolute Gasteiger partial charge is 0.373 e. The molecule has 14 heteroatoms. The van der Waals surface area contributed by atoms with E-state index in [0.717, 1.165) is 95.9 Å². The molecule has 8 aromatic carbocycles. The van der Waals surface area contributed by atoms with Gasteiger partial charge in [-0.25, -0.2) is 0 Å². The Bertz CT molecular complexity index is 4230. The molecular formula is C72H64BrO12W-. The summed E-state index contributed by atoms with van der Waals surface area (Å²) in [6.07, 6.45) is 14.4. The number of rotatable bonds is 6. The van der Waals surface area contributed by atoms with Crippen molar-refractivity contribution < 1.29 is 77.1 Å². The van der Waals surface area contributed by atoms with Crippen molar-refractivity contribution in [3.05, 3.63) is 197 Å². The van der Waals surface area contributed by atoms with Gasteiger partial charge in [0.05, 0.1) is 37.9 Å². The van der Waals surface area contributed by atoms with E-state index in [1.54, 1.807) is 12.5 Å². The number of furan rings is 4. The molecule has 4 heterocycles. The molecule has 2 aliphatic rings. The molecule has 2 saturated carbocycles. The maximum Gasteiger partial charge on any atom is 0.373 e. The first-order valence-electron chi connectivity index (χ1n) is 28.0. The van der Waals surface area contributed by atoms with Gasteiger partial charge in [-0.15, -0.1) is 0 Å². The van der Waals surface area contributed by atoms with Crippen molar-refractivity contribution >= 4 is 138 Å². The van der Waals surface area contributed by atoms with Crippen molar-refractivity contribution in [2.24, 2.45) is 0 Å². The second kappa shape index (κ2) is 29.6. The summed E-state index contributed by atoms with van der Waals surface area (Å²) in [4.78, 5) is 80.0. The zero-order chi connectivity index (χ0) is 59.6. The quantitative estimate of drug-likeness (QED) is 0.113. The first kappa shape index (κ1) is 65.1. The Kier molecular flexibility index (Phi) is 22.4. The number of benzene rings is 8. The third-order valence-electron chi connectivity index (χ3n) is 15.6. The molecule has 0 bridgehead atoms. The Morgan fingerprint density at radius 3 is 1.10 bits per heavy atom. The van der Waals surface area contributed by atoms with Crippen molar-refractivity contribution in [2.75, 3.05) is 0 Å². The topological polar surface area (TPSA) is 189 Å². The van der Waals surface area contributed by atoms with Crippen LogP contribution < -0.4 is 0 Å². The summed E-state index contributed by atoms with van der Waals surface area (Å²) in [5.41, 5.74) is 11.8. The van der Waals surface area contributed by atoms with Crippen LogP contribution in [0.1, 0.15) is 116 Å². The first-order chi connectivity index (χ1) is 40.7. The number of Topliss-reactive ketones (excluding diaryl/α,β-unsaturated/α-hetero) is 4. The van der Waals surface area contributed by atoms with Gasteiger partial charge in [0.1, 0.15) is 45.5 Å². The maximum absolute atomic E-state index is 12.3. The molecule has 4 aromatic heterocycles. The second-order valence-corrected chi connectivity index (χ2v) is 22.3. The standard InChI is InChI=1S/2C19H16O3.C16H16O.C15H13BrO.2CO2.CH3.W/c2*1-11-2-5-14-12(8-11)3-7-18-19(14)16(10-22-18)15-6-4-13(20)9-17(15)21;1-3-4-13-10-17-15-8-6-12-9-11(2)5-7-14(12)16(13)15;1-2-3-11-9-17-14-7-4-10-8-12(16)5-6-13(10)15(11)14;2*2-1-3;;/h2*2-3,5,7-8,10,15H,4,6,9H2,1H3;5-10H,3-4H2,1-2H3;4-9H,2-3H2,1H3;;;1H3;/q;;;;;;-1;. The SMILES string of the molecule is CCCc1coc2ccc3cc(Br)ccc3c12.CCCc1coc2ccc3cc(C)ccc3c12.Cc1ccc2c(ccc3occ(C4CCC(=O)CC4=O)c32)c1.Cc1ccc2c(ccc3occ(C4CCC(=O)CC4=O)c32)c1.O=C=O.O=C=O.[CH3-].[W]. The molecule has 14 rings (SSSR count). The number of aryl methyl sites for hydroxylation is 5. The molecule has 12 aromatic rings. The van der Waals surface area contributed by atoms with Crippen LogP contribution in [0.3, 0.4) is 0 Å². The summed E-state index contributed by atoms with van der Waals surface area (Å²) in [5.74, 6) is -0.299. The third kappa shape index (κ3) is 14.3. The molecule has 0 saturated heterocycles. The normalized spacial score (nSPS) is 14.5. The maximum atomic E-state index is 12.3. The number of carbonyl (C=O) groups is 4. The van der Waals surface area contributed by atoms with E-state index < -0.39 is 0 Å². The van der Waals surface area contributed by atoms with Gasteiger partial charge in [-0.3, -0.25) is 19.2 Å². The summed E-state index contributed by atoms with van der Waals surface area (Å²) in [6, 6.07) is 42.0. The van der Waals surface area contributed by atoms with E-state index >= 15 is 0 Å². The van der Waals surface area contributed by atoms with Gasteiger partial charge in [-0.1, -0.05) is 144 Å². The van der Waals surface area contributed by atoms with Crippen LogP contribution in [0.25, 0.3) is 87.0 Å². The van der Waals surface area contributed by atoms with Crippen LogP contribution in [0, 0.1) is 28.2 Å². The molecule has 0 N–H and O–H groups in total. The fourth-order valence-corrected chi connectivity index (χ4v) is 12.2. The minimum atomic E-state index is -0.217. The predicted molar refractivity (Wildman–Crippen MR) is 334 cm³/mol. The van der Waals surface area contributed by atoms with E-state index in [-0.39, 0.29) is 88.6 Å². The minimum Gasteiger partial charge on any atom is -0.464 e.